The maximum Gasteiger partial charge on any atom is 0.147 e. The van der Waals surface area contributed by atoms with Gasteiger partial charge in [0.05, 0.1) is 5.75 Å². The van der Waals surface area contributed by atoms with Crippen LogP contribution in [-0.2, 0) is 9.84 Å². The van der Waals surface area contributed by atoms with Crippen LogP contribution in [0.3, 0.4) is 0 Å². The van der Waals surface area contributed by atoms with Gasteiger partial charge in [0.2, 0.25) is 0 Å². The highest BCUT2D eigenvalue weighted by atomic mass is 32.2. The predicted molar refractivity (Wildman–Crippen MR) is 78.6 cm³/mol. The zero-order chi connectivity index (χ0) is 13.5. The van der Waals surface area contributed by atoms with Crippen LogP contribution in [0.1, 0.15) is 40.5 Å². The number of nitrogens with one attached hydrogen (secondary N) is 1. The van der Waals surface area contributed by atoms with Crippen molar-refractivity contribution in [1.29, 1.82) is 0 Å². The standard InChI is InChI=1S/C12H27NO2S2/c1-6-8-13-11(7-9-17(5,14)15)10-16-12(2,3)4/h11,13H,6-10H2,1-5H3. The molecule has 1 N–H and O–H groups in total. The molecule has 0 aliphatic rings. The average molecular weight is 281 g/mol. The Morgan fingerprint density at radius 2 is 1.88 bits per heavy atom. The fraction of sp³-hybridized carbons (Fsp3) is 1.00. The molecule has 104 valence electrons. The van der Waals surface area contributed by atoms with Crippen molar-refractivity contribution in [3.05, 3.63) is 0 Å². The lowest BCUT2D eigenvalue weighted by Crippen LogP contribution is -2.35. The van der Waals surface area contributed by atoms with Crippen molar-refractivity contribution in [1.82, 2.24) is 5.32 Å². The van der Waals surface area contributed by atoms with Gasteiger partial charge in [-0.2, -0.15) is 11.8 Å². The van der Waals surface area contributed by atoms with E-state index in [-0.39, 0.29) is 10.5 Å². The van der Waals surface area contributed by atoms with Crippen molar-refractivity contribution >= 4 is 21.6 Å². The number of thioether (sulfide) groups is 1. The summed E-state index contributed by atoms with van der Waals surface area (Å²) < 4.78 is 22.6. The lowest BCUT2D eigenvalue weighted by atomic mass is 10.2. The van der Waals surface area contributed by atoms with E-state index in [1.165, 1.54) is 6.26 Å². The number of hydrogen-bond donors (Lipinski definition) is 1. The molecule has 3 nitrogen and oxygen atoms in total. The fourth-order valence-electron chi connectivity index (χ4n) is 1.30. The van der Waals surface area contributed by atoms with Crippen molar-refractivity contribution in [2.75, 3.05) is 24.3 Å². The molecule has 0 aromatic heterocycles. The molecule has 0 fully saturated rings. The molecular weight excluding hydrogens is 254 g/mol. The second-order valence-corrected chi connectivity index (χ2v) is 9.60. The first-order valence-corrected chi connectivity index (χ1v) is 9.24. The molecule has 0 heterocycles. The molecule has 5 heteroatoms. The molecule has 0 radical (unpaired) electrons. The zero-order valence-electron chi connectivity index (χ0n) is 11.7. The Bertz CT molecular complexity index is 294. The third-order valence-corrected chi connectivity index (χ3v) is 4.65. The molecule has 0 amide bonds. The molecule has 1 atom stereocenters. The monoisotopic (exact) mass is 281 g/mol. The molecule has 0 rings (SSSR count). The molecule has 0 saturated heterocycles. The smallest absolute Gasteiger partial charge is 0.147 e. The van der Waals surface area contributed by atoms with E-state index in [9.17, 15) is 8.42 Å². The summed E-state index contributed by atoms with van der Waals surface area (Å²) in [6, 6.07) is 0.300. The van der Waals surface area contributed by atoms with E-state index < -0.39 is 9.84 Å². The Kier molecular flexibility index (Phi) is 7.76. The third kappa shape index (κ3) is 12.5. The molecule has 0 bridgehead atoms. The average Bonchev–Trinajstić information content (AvgIpc) is 2.13. The molecule has 0 aromatic carbocycles. The van der Waals surface area contributed by atoms with Crippen molar-refractivity contribution < 1.29 is 8.42 Å². The van der Waals surface area contributed by atoms with E-state index in [0.29, 0.717) is 12.5 Å². The molecule has 1 unspecified atom stereocenters. The van der Waals surface area contributed by atoms with E-state index in [1.807, 2.05) is 11.8 Å². The molecule has 0 saturated carbocycles. The van der Waals surface area contributed by atoms with Gasteiger partial charge in [-0.3, -0.25) is 0 Å². The highest BCUT2D eigenvalue weighted by Gasteiger charge is 2.16. The lowest BCUT2D eigenvalue weighted by Gasteiger charge is -2.23. The number of hydrogen-bond acceptors (Lipinski definition) is 4. The Labute approximate surface area is 111 Å². The number of sulfone groups is 1. The maximum atomic E-state index is 11.2. The summed E-state index contributed by atoms with van der Waals surface area (Å²) in [4.78, 5) is 0. The number of rotatable bonds is 8. The van der Waals surface area contributed by atoms with Gasteiger partial charge in [-0.15, -0.1) is 0 Å². The van der Waals surface area contributed by atoms with Gasteiger partial charge in [0.1, 0.15) is 9.84 Å². The Hall–Kier alpha value is 0.260. The van der Waals surface area contributed by atoms with E-state index in [2.05, 4.69) is 33.0 Å². The summed E-state index contributed by atoms with van der Waals surface area (Å²) in [5, 5.41) is 3.43. The van der Waals surface area contributed by atoms with Crippen molar-refractivity contribution in [3.8, 4) is 0 Å². The molecule has 17 heavy (non-hydrogen) atoms. The van der Waals surface area contributed by atoms with Crippen LogP contribution in [-0.4, -0.2) is 43.5 Å². The Morgan fingerprint density at radius 3 is 2.29 bits per heavy atom. The predicted octanol–water partition coefficient (Wildman–Crippen LogP) is 2.32. The van der Waals surface area contributed by atoms with Gasteiger partial charge in [-0.05, 0) is 19.4 Å². The van der Waals surface area contributed by atoms with Gasteiger partial charge < -0.3 is 5.32 Å². The van der Waals surface area contributed by atoms with Gasteiger partial charge in [0.25, 0.3) is 0 Å². The minimum absolute atomic E-state index is 0.233. The van der Waals surface area contributed by atoms with Crippen LogP contribution in [0, 0.1) is 0 Å². The second kappa shape index (κ2) is 7.64. The second-order valence-electron chi connectivity index (χ2n) is 5.49. The minimum atomic E-state index is -2.85. The van der Waals surface area contributed by atoms with Crippen LogP contribution >= 0.6 is 11.8 Å². The van der Waals surface area contributed by atoms with Gasteiger partial charge >= 0.3 is 0 Å². The zero-order valence-corrected chi connectivity index (χ0v) is 13.4. The Morgan fingerprint density at radius 1 is 1.29 bits per heavy atom. The van der Waals surface area contributed by atoms with Crippen LogP contribution in [0.2, 0.25) is 0 Å². The van der Waals surface area contributed by atoms with Crippen molar-refractivity contribution in [2.24, 2.45) is 0 Å². The third-order valence-electron chi connectivity index (χ3n) is 2.24. The van der Waals surface area contributed by atoms with E-state index >= 15 is 0 Å². The van der Waals surface area contributed by atoms with E-state index in [0.717, 1.165) is 18.7 Å². The van der Waals surface area contributed by atoms with Gasteiger partial charge in [0, 0.05) is 22.8 Å². The summed E-state index contributed by atoms with van der Waals surface area (Å²) in [5.74, 6) is 1.25. The summed E-state index contributed by atoms with van der Waals surface area (Å²) in [6.07, 6.45) is 3.10. The maximum absolute atomic E-state index is 11.2. The van der Waals surface area contributed by atoms with Crippen LogP contribution in [0.4, 0.5) is 0 Å². The summed E-state index contributed by atoms with van der Waals surface area (Å²) in [7, 11) is -2.85. The van der Waals surface area contributed by atoms with Crippen molar-refractivity contribution in [2.45, 2.75) is 51.3 Å². The van der Waals surface area contributed by atoms with E-state index in [4.69, 9.17) is 0 Å². The van der Waals surface area contributed by atoms with Gasteiger partial charge in [-0.1, -0.05) is 27.7 Å². The van der Waals surface area contributed by atoms with Crippen LogP contribution in [0.25, 0.3) is 0 Å². The van der Waals surface area contributed by atoms with Crippen LogP contribution in [0.5, 0.6) is 0 Å². The van der Waals surface area contributed by atoms with Gasteiger partial charge in [0.15, 0.2) is 0 Å². The quantitative estimate of drug-likeness (QED) is 0.742. The molecule has 0 aliphatic heterocycles. The van der Waals surface area contributed by atoms with E-state index in [1.54, 1.807) is 0 Å². The lowest BCUT2D eigenvalue weighted by molar-refractivity contribution is 0.531. The first-order valence-electron chi connectivity index (χ1n) is 6.19. The van der Waals surface area contributed by atoms with Crippen LogP contribution in [0.15, 0.2) is 0 Å². The van der Waals surface area contributed by atoms with Crippen molar-refractivity contribution in [3.63, 3.8) is 0 Å². The first kappa shape index (κ1) is 17.3. The normalized spacial score (nSPS) is 14.9. The topological polar surface area (TPSA) is 46.2 Å². The molecule has 0 aliphatic carbocycles. The largest absolute Gasteiger partial charge is 0.313 e. The summed E-state index contributed by atoms with van der Waals surface area (Å²) >= 11 is 1.89. The van der Waals surface area contributed by atoms with Crippen LogP contribution < -0.4 is 5.32 Å². The molecular formula is C12H27NO2S2. The highest BCUT2D eigenvalue weighted by molar-refractivity contribution is 8.00. The summed E-state index contributed by atoms with van der Waals surface area (Å²) in [5.41, 5.74) is 0. The SMILES string of the molecule is CCCNC(CCS(C)(=O)=O)CSC(C)(C)C. The Balaban J connectivity index is 4.14. The molecule has 0 aromatic rings. The molecule has 0 spiro atoms. The fourth-order valence-corrected chi connectivity index (χ4v) is 3.00. The highest BCUT2D eigenvalue weighted by Crippen LogP contribution is 2.24. The summed E-state index contributed by atoms with van der Waals surface area (Å²) in [6.45, 7) is 9.64. The van der Waals surface area contributed by atoms with Gasteiger partial charge in [-0.25, -0.2) is 8.42 Å². The first-order chi connectivity index (χ1) is 7.64. The minimum Gasteiger partial charge on any atom is -0.313 e.